The molecule has 0 unspecified atom stereocenters. The smallest absolute Gasteiger partial charge is 0.224 e. The van der Waals surface area contributed by atoms with E-state index in [1.807, 2.05) is 24.1 Å². The Balaban J connectivity index is 2.29. The molecule has 0 saturated carbocycles. The summed E-state index contributed by atoms with van der Waals surface area (Å²) < 4.78 is 0. The zero-order valence-electron chi connectivity index (χ0n) is 12.5. The van der Waals surface area contributed by atoms with Gasteiger partial charge >= 0.3 is 0 Å². The van der Waals surface area contributed by atoms with Crippen LogP contribution in [-0.4, -0.2) is 41.7 Å². The molecule has 20 heavy (non-hydrogen) atoms. The number of nitrogens with zero attached hydrogens (tertiary/aromatic N) is 1. The third kappa shape index (κ3) is 6.54. The van der Waals surface area contributed by atoms with Crippen molar-refractivity contribution in [2.24, 2.45) is 0 Å². The van der Waals surface area contributed by atoms with Gasteiger partial charge in [0.05, 0.1) is 17.0 Å². The van der Waals surface area contributed by atoms with Crippen LogP contribution in [0.3, 0.4) is 0 Å². The van der Waals surface area contributed by atoms with Crippen molar-refractivity contribution in [3.05, 3.63) is 24.3 Å². The molecule has 0 aliphatic rings. The monoisotopic (exact) mass is 279 g/mol. The van der Waals surface area contributed by atoms with Crippen molar-refractivity contribution in [1.29, 1.82) is 0 Å². The minimum Gasteiger partial charge on any atom is -0.397 e. The number of anilines is 2. The fraction of sp³-hybridized carbons (Fsp3) is 0.533. The lowest BCUT2D eigenvalue weighted by Gasteiger charge is -2.25. The number of aliphatic hydroxyl groups is 1. The molecule has 0 radical (unpaired) electrons. The van der Waals surface area contributed by atoms with Gasteiger partial charge in [-0.05, 0) is 46.0 Å². The topological polar surface area (TPSA) is 78.6 Å². The summed E-state index contributed by atoms with van der Waals surface area (Å²) >= 11 is 0. The van der Waals surface area contributed by atoms with E-state index >= 15 is 0 Å². The van der Waals surface area contributed by atoms with E-state index in [0.29, 0.717) is 24.3 Å². The number of benzene rings is 1. The highest BCUT2D eigenvalue weighted by Gasteiger charge is 2.15. The van der Waals surface area contributed by atoms with Gasteiger partial charge < -0.3 is 21.1 Å². The first-order valence-corrected chi connectivity index (χ1v) is 6.83. The molecule has 4 N–H and O–H groups in total. The number of carbonyl (C=O) groups excluding carboxylic acids is 1. The quantitative estimate of drug-likeness (QED) is 0.664. The average molecular weight is 279 g/mol. The van der Waals surface area contributed by atoms with Crippen LogP contribution in [0.5, 0.6) is 0 Å². The molecule has 0 spiro atoms. The van der Waals surface area contributed by atoms with E-state index in [1.165, 1.54) is 0 Å². The van der Waals surface area contributed by atoms with Gasteiger partial charge in [-0.2, -0.15) is 0 Å². The molecule has 0 heterocycles. The molecule has 112 valence electrons. The second-order valence-electron chi connectivity index (χ2n) is 5.79. The van der Waals surface area contributed by atoms with Gasteiger partial charge in [-0.1, -0.05) is 12.1 Å². The molecule has 1 rings (SSSR count). The zero-order chi connectivity index (χ0) is 15.2. The molecule has 0 fully saturated rings. The summed E-state index contributed by atoms with van der Waals surface area (Å²) in [5.74, 6) is -0.0421. The molecule has 0 aliphatic heterocycles. The van der Waals surface area contributed by atoms with Gasteiger partial charge in [-0.3, -0.25) is 4.79 Å². The van der Waals surface area contributed by atoms with Gasteiger partial charge in [0.2, 0.25) is 5.91 Å². The lowest BCUT2D eigenvalue weighted by Crippen LogP contribution is -2.36. The van der Waals surface area contributed by atoms with Crippen LogP contribution in [-0.2, 0) is 4.79 Å². The van der Waals surface area contributed by atoms with Gasteiger partial charge in [0.15, 0.2) is 0 Å². The van der Waals surface area contributed by atoms with Crippen LogP contribution in [0.4, 0.5) is 11.4 Å². The number of carbonyl (C=O) groups is 1. The fourth-order valence-corrected chi connectivity index (χ4v) is 2.07. The summed E-state index contributed by atoms with van der Waals surface area (Å²) in [5.41, 5.74) is 6.28. The van der Waals surface area contributed by atoms with Gasteiger partial charge in [0.1, 0.15) is 0 Å². The van der Waals surface area contributed by atoms with Gasteiger partial charge in [-0.15, -0.1) is 0 Å². The molecule has 1 amide bonds. The third-order valence-corrected chi connectivity index (χ3v) is 2.84. The summed E-state index contributed by atoms with van der Waals surface area (Å²) in [4.78, 5) is 13.8. The van der Waals surface area contributed by atoms with Crippen LogP contribution in [0.25, 0.3) is 0 Å². The van der Waals surface area contributed by atoms with E-state index in [-0.39, 0.29) is 5.91 Å². The van der Waals surface area contributed by atoms with E-state index < -0.39 is 5.60 Å². The van der Waals surface area contributed by atoms with Crippen molar-refractivity contribution in [1.82, 2.24) is 4.90 Å². The molecule has 0 bridgehead atoms. The SMILES string of the molecule is CN(CCCC(=O)Nc1ccccc1N)CC(C)(C)O. The van der Waals surface area contributed by atoms with E-state index in [1.54, 1.807) is 26.0 Å². The largest absolute Gasteiger partial charge is 0.397 e. The lowest BCUT2D eigenvalue weighted by atomic mass is 10.1. The average Bonchev–Trinajstić information content (AvgIpc) is 2.29. The highest BCUT2D eigenvalue weighted by Crippen LogP contribution is 2.17. The minimum atomic E-state index is -0.713. The van der Waals surface area contributed by atoms with Crippen LogP contribution in [0, 0.1) is 0 Å². The predicted octanol–water partition coefficient (Wildman–Crippen LogP) is 1.69. The van der Waals surface area contributed by atoms with Crippen molar-refractivity contribution < 1.29 is 9.90 Å². The van der Waals surface area contributed by atoms with Crippen LogP contribution >= 0.6 is 0 Å². The fourth-order valence-electron chi connectivity index (χ4n) is 2.07. The Morgan fingerprint density at radius 3 is 2.65 bits per heavy atom. The van der Waals surface area contributed by atoms with Crippen LogP contribution in [0.2, 0.25) is 0 Å². The summed E-state index contributed by atoms with van der Waals surface area (Å²) in [6.45, 7) is 4.89. The first-order valence-electron chi connectivity index (χ1n) is 6.83. The molecule has 0 aromatic heterocycles. The van der Waals surface area contributed by atoms with E-state index in [4.69, 9.17) is 5.73 Å². The number of para-hydroxylation sites is 2. The molecule has 1 aromatic rings. The van der Waals surface area contributed by atoms with E-state index in [2.05, 4.69) is 5.32 Å². The Hall–Kier alpha value is -1.59. The van der Waals surface area contributed by atoms with Gasteiger partial charge in [0, 0.05) is 13.0 Å². The first kappa shape index (κ1) is 16.5. The van der Waals surface area contributed by atoms with Crippen LogP contribution in [0.15, 0.2) is 24.3 Å². The maximum atomic E-state index is 11.8. The Morgan fingerprint density at radius 1 is 1.40 bits per heavy atom. The third-order valence-electron chi connectivity index (χ3n) is 2.84. The van der Waals surface area contributed by atoms with Gasteiger partial charge in [-0.25, -0.2) is 0 Å². The van der Waals surface area contributed by atoms with E-state index in [9.17, 15) is 9.90 Å². The highest BCUT2D eigenvalue weighted by molar-refractivity contribution is 5.93. The Morgan fingerprint density at radius 2 is 2.05 bits per heavy atom. The van der Waals surface area contributed by atoms with Crippen molar-refractivity contribution in [3.63, 3.8) is 0 Å². The molecule has 5 nitrogen and oxygen atoms in total. The summed E-state index contributed by atoms with van der Waals surface area (Å²) in [5, 5.41) is 12.5. The number of hydrogen-bond acceptors (Lipinski definition) is 4. The summed E-state index contributed by atoms with van der Waals surface area (Å²) in [6, 6.07) is 7.21. The summed E-state index contributed by atoms with van der Waals surface area (Å²) in [7, 11) is 1.94. The Kier molecular flexibility index (Phi) is 5.98. The summed E-state index contributed by atoms with van der Waals surface area (Å²) in [6.07, 6.45) is 1.18. The van der Waals surface area contributed by atoms with Crippen molar-refractivity contribution in [3.8, 4) is 0 Å². The predicted molar refractivity (Wildman–Crippen MR) is 82.5 cm³/mol. The highest BCUT2D eigenvalue weighted by atomic mass is 16.3. The molecule has 0 aliphatic carbocycles. The van der Waals surface area contributed by atoms with Crippen LogP contribution in [0.1, 0.15) is 26.7 Å². The van der Waals surface area contributed by atoms with Crippen molar-refractivity contribution in [2.45, 2.75) is 32.3 Å². The number of likely N-dealkylation sites (N-methyl/N-ethyl adjacent to an activating group) is 1. The number of nitrogen functional groups attached to an aromatic ring is 1. The maximum Gasteiger partial charge on any atom is 0.224 e. The van der Waals surface area contributed by atoms with Crippen molar-refractivity contribution in [2.75, 3.05) is 31.2 Å². The Bertz CT molecular complexity index is 441. The molecular formula is C15H25N3O2. The zero-order valence-corrected chi connectivity index (χ0v) is 12.5. The van der Waals surface area contributed by atoms with Crippen molar-refractivity contribution >= 4 is 17.3 Å². The molecule has 0 atom stereocenters. The normalized spacial score (nSPS) is 11.7. The lowest BCUT2D eigenvalue weighted by molar-refractivity contribution is -0.116. The molecule has 1 aromatic carbocycles. The van der Waals surface area contributed by atoms with Gasteiger partial charge in [0.25, 0.3) is 0 Å². The maximum absolute atomic E-state index is 11.8. The number of amides is 1. The number of rotatable bonds is 7. The number of hydrogen-bond donors (Lipinski definition) is 3. The molecule has 5 heteroatoms. The second-order valence-corrected chi connectivity index (χ2v) is 5.79. The number of nitrogens with one attached hydrogen (secondary N) is 1. The number of nitrogens with two attached hydrogens (primary N) is 1. The molecular weight excluding hydrogens is 254 g/mol. The minimum absolute atomic E-state index is 0.0421. The first-order chi connectivity index (χ1) is 9.28. The molecule has 0 saturated heterocycles. The second kappa shape index (κ2) is 7.26. The Labute approximate surface area is 120 Å². The van der Waals surface area contributed by atoms with E-state index in [0.717, 1.165) is 13.0 Å². The van der Waals surface area contributed by atoms with Crippen LogP contribution < -0.4 is 11.1 Å². The standard InChI is InChI=1S/C15H25N3O2/c1-15(2,20)11-18(3)10-6-9-14(19)17-13-8-5-4-7-12(13)16/h4-5,7-8,20H,6,9-11,16H2,1-3H3,(H,17,19).